The van der Waals surface area contributed by atoms with Crippen LogP contribution < -0.4 is 9.64 Å². The number of aromatic nitrogens is 4. The van der Waals surface area contributed by atoms with Crippen molar-refractivity contribution in [3.63, 3.8) is 0 Å². The van der Waals surface area contributed by atoms with Gasteiger partial charge in [0, 0.05) is 24.7 Å². The normalized spacial score (nSPS) is 13.7. The molecule has 3 heterocycles. The van der Waals surface area contributed by atoms with Crippen molar-refractivity contribution in [3.05, 3.63) is 53.7 Å². The van der Waals surface area contributed by atoms with Crippen molar-refractivity contribution in [1.82, 2.24) is 19.9 Å². The maximum Gasteiger partial charge on any atom is 0.161 e. The lowest BCUT2D eigenvalue weighted by Crippen LogP contribution is -2.31. The molecule has 4 rings (SSSR count). The van der Waals surface area contributed by atoms with E-state index in [1.807, 2.05) is 43.5 Å². The zero-order valence-electron chi connectivity index (χ0n) is 13.8. The Morgan fingerprint density at radius 1 is 1.12 bits per heavy atom. The molecule has 1 aromatic carbocycles. The van der Waals surface area contributed by atoms with Gasteiger partial charge >= 0.3 is 0 Å². The van der Waals surface area contributed by atoms with E-state index >= 15 is 0 Å². The summed E-state index contributed by atoms with van der Waals surface area (Å²) >= 11 is 0. The number of hydrogen-bond acceptors (Lipinski definition) is 5. The summed E-state index contributed by atoms with van der Waals surface area (Å²) in [5.74, 6) is 3.46. The van der Waals surface area contributed by atoms with Gasteiger partial charge in [-0.1, -0.05) is 0 Å². The van der Waals surface area contributed by atoms with E-state index in [-0.39, 0.29) is 0 Å². The number of fused-ring (bicyclic) bond motifs is 1. The highest BCUT2D eigenvalue weighted by atomic mass is 16.5. The first-order chi connectivity index (χ1) is 11.7. The SMILES string of the molecule is COc1ccc(-c2nccc(N3CCc4nc(C)[nH]c4C3)n2)cc1. The molecule has 0 unspecified atom stereocenters. The van der Waals surface area contributed by atoms with E-state index in [9.17, 15) is 0 Å². The highest BCUT2D eigenvalue weighted by Crippen LogP contribution is 2.24. The number of hydrogen-bond donors (Lipinski definition) is 1. The number of methoxy groups -OCH3 is 1. The van der Waals surface area contributed by atoms with E-state index in [0.717, 1.165) is 48.3 Å². The van der Waals surface area contributed by atoms with Gasteiger partial charge in [-0.3, -0.25) is 0 Å². The third-order valence-corrected chi connectivity index (χ3v) is 4.26. The quantitative estimate of drug-likeness (QED) is 0.803. The first-order valence-electron chi connectivity index (χ1n) is 8.00. The molecular weight excluding hydrogens is 302 g/mol. The fraction of sp³-hybridized carbons (Fsp3) is 0.278. The highest BCUT2D eigenvalue weighted by molar-refractivity contribution is 5.58. The largest absolute Gasteiger partial charge is 0.497 e. The van der Waals surface area contributed by atoms with Gasteiger partial charge in [-0.05, 0) is 37.3 Å². The smallest absolute Gasteiger partial charge is 0.161 e. The topological polar surface area (TPSA) is 66.9 Å². The van der Waals surface area contributed by atoms with E-state index < -0.39 is 0 Å². The number of aryl methyl sites for hydroxylation is 1. The second-order valence-corrected chi connectivity index (χ2v) is 5.89. The summed E-state index contributed by atoms with van der Waals surface area (Å²) in [4.78, 5) is 19.3. The Hall–Kier alpha value is -2.89. The van der Waals surface area contributed by atoms with Gasteiger partial charge in [0.05, 0.1) is 25.0 Å². The van der Waals surface area contributed by atoms with Crippen LogP contribution in [0.25, 0.3) is 11.4 Å². The van der Waals surface area contributed by atoms with Crippen molar-refractivity contribution < 1.29 is 4.74 Å². The zero-order valence-corrected chi connectivity index (χ0v) is 13.8. The molecule has 24 heavy (non-hydrogen) atoms. The Labute approximate surface area is 140 Å². The van der Waals surface area contributed by atoms with Gasteiger partial charge in [-0.2, -0.15) is 0 Å². The number of H-pyrrole nitrogens is 1. The van der Waals surface area contributed by atoms with Crippen molar-refractivity contribution in [2.45, 2.75) is 19.9 Å². The number of rotatable bonds is 3. The molecule has 6 heteroatoms. The molecular formula is C18H19N5O. The van der Waals surface area contributed by atoms with Crippen LogP contribution >= 0.6 is 0 Å². The van der Waals surface area contributed by atoms with Gasteiger partial charge in [0.15, 0.2) is 5.82 Å². The van der Waals surface area contributed by atoms with Crippen LogP contribution in [-0.4, -0.2) is 33.6 Å². The van der Waals surface area contributed by atoms with Gasteiger partial charge in [0.25, 0.3) is 0 Å². The van der Waals surface area contributed by atoms with Crippen LogP contribution in [0.4, 0.5) is 5.82 Å². The van der Waals surface area contributed by atoms with Gasteiger partial charge in [0.2, 0.25) is 0 Å². The Morgan fingerprint density at radius 2 is 1.96 bits per heavy atom. The van der Waals surface area contributed by atoms with Gasteiger partial charge in [-0.15, -0.1) is 0 Å². The standard InChI is InChI=1S/C18H19N5O/c1-12-20-15-8-10-23(11-16(15)21-12)17-7-9-19-18(22-17)13-3-5-14(24-2)6-4-13/h3-7,9H,8,10-11H2,1-2H3,(H,20,21). The van der Waals surface area contributed by atoms with E-state index in [4.69, 9.17) is 9.72 Å². The molecule has 1 aliphatic rings. The molecule has 3 aromatic rings. The Balaban J connectivity index is 1.60. The first-order valence-corrected chi connectivity index (χ1v) is 8.00. The third-order valence-electron chi connectivity index (χ3n) is 4.26. The maximum atomic E-state index is 5.20. The molecule has 0 amide bonds. The highest BCUT2D eigenvalue weighted by Gasteiger charge is 2.20. The molecule has 0 atom stereocenters. The number of aromatic amines is 1. The lowest BCUT2D eigenvalue weighted by Gasteiger charge is -2.27. The summed E-state index contributed by atoms with van der Waals surface area (Å²) in [7, 11) is 1.66. The first kappa shape index (κ1) is 14.7. The zero-order chi connectivity index (χ0) is 16.5. The summed E-state index contributed by atoms with van der Waals surface area (Å²) in [5, 5.41) is 0. The molecule has 1 aliphatic heterocycles. The number of nitrogens with zero attached hydrogens (tertiary/aromatic N) is 4. The van der Waals surface area contributed by atoms with Crippen LogP contribution in [0.2, 0.25) is 0 Å². The minimum Gasteiger partial charge on any atom is -0.497 e. The molecule has 0 aliphatic carbocycles. The van der Waals surface area contributed by atoms with Crippen LogP contribution in [0.5, 0.6) is 5.75 Å². The van der Waals surface area contributed by atoms with E-state index in [2.05, 4.69) is 19.9 Å². The number of nitrogens with one attached hydrogen (secondary N) is 1. The Morgan fingerprint density at radius 3 is 2.75 bits per heavy atom. The summed E-state index contributed by atoms with van der Waals surface area (Å²) in [6, 6.07) is 9.76. The number of anilines is 1. The molecule has 0 saturated carbocycles. The van der Waals surface area contributed by atoms with Crippen LogP contribution in [0.3, 0.4) is 0 Å². The lowest BCUT2D eigenvalue weighted by molar-refractivity contribution is 0.415. The molecule has 2 aromatic heterocycles. The number of imidazole rings is 1. The van der Waals surface area contributed by atoms with Crippen molar-refractivity contribution >= 4 is 5.82 Å². The molecule has 0 radical (unpaired) electrons. The lowest BCUT2D eigenvalue weighted by atomic mass is 10.1. The van der Waals surface area contributed by atoms with Gasteiger partial charge in [0.1, 0.15) is 17.4 Å². The average molecular weight is 321 g/mol. The van der Waals surface area contributed by atoms with E-state index in [0.29, 0.717) is 0 Å². The Kier molecular flexibility index (Phi) is 3.65. The van der Waals surface area contributed by atoms with Crippen LogP contribution in [0, 0.1) is 6.92 Å². The van der Waals surface area contributed by atoms with E-state index in [1.165, 1.54) is 11.4 Å². The summed E-state index contributed by atoms with van der Waals surface area (Å²) in [6.45, 7) is 3.71. The fourth-order valence-corrected chi connectivity index (χ4v) is 3.04. The number of ether oxygens (including phenoxy) is 1. The summed E-state index contributed by atoms with van der Waals surface area (Å²) < 4.78 is 5.20. The second-order valence-electron chi connectivity index (χ2n) is 5.89. The Bertz CT molecular complexity index is 856. The third kappa shape index (κ3) is 2.71. The van der Waals surface area contributed by atoms with Crippen LogP contribution in [0.15, 0.2) is 36.5 Å². The molecule has 0 fully saturated rings. The van der Waals surface area contributed by atoms with Crippen LogP contribution in [0.1, 0.15) is 17.2 Å². The molecule has 122 valence electrons. The summed E-state index contributed by atoms with van der Waals surface area (Å²) in [6.07, 6.45) is 2.75. The van der Waals surface area contributed by atoms with Gasteiger partial charge < -0.3 is 14.6 Å². The average Bonchev–Trinajstić information content (AvgIpc) is 3.01. The predicted octanol–water partition coefficient (Wildman–Crippen LogP) is 2.75. The number of benzene rings is 1. The van der Waals surface area contributed by atoms with Crippen LogP contribution in [-0.2, 0) is 13.0 Å². The minimum atomic E-state index is 0.724. The predicted molar refractivity (Wildman–Crippen MR) is 92.1 cm³/mol. The van der Waals surface area contributed by atoms with Crippen molar-refractivity contribution in [3.8, 4) is 17.1 Å². The maximum absolute atomic E-state index is 5.20. The molecule has 6 nitrogen and oxygen atoms in total. The molecule has 0 bridgehead atoms. The van der Waals surface area contributed by atoms with Crippen molar-refractivity contribution in [2.75, 3.05) is 18.6 Å². The monoisotopic (exact) mass is 321 g/mol. The minimum absolute atomic E-state index is 0.724. The van der Waals surface area contributed by atoms with Crippen molar-refractivity contribution in [1.29, 1.82) is 0 Å². The molecule has 1 N–H and O–H groups in total. The second kappa shape index (κ2) is 5.96. The van der Waals surface area contributed by atoms with Crippen molar-refractivity contribution in [2.24, 2.45) is 0 Å². The fourth-order valence-electron chi connectivity index (χ4n) is 3.04. The molecule has 0 saturated heterocycles. The molecule has 0 spiro atoms. The van der Waals surface area contributed by atoms with E-state index in [1.54, 1.807) is 7.11 Å². The van der Waals surface area contributed by atoms with Gasteiger partial charge in [-0.25, -0.2) is 15.0 Å². The summed E-state index contributed by atoms with van der Waals surface area (Å²) in [5.41, 5.74) is 3.34.